The van der Waals surface area contributed by atoms with E-state index < -0.39 is 0 Å². The zero-order valence-electron chi connectivity index (χ0n) is 11.7. The van der Waals surface area contributed by atoms with Gasteiger partial charge in [0.05, 0.1) is 0 Å². The lowest BCUT2D eigenvalue weighted by atomic mass is 10.1. The zero-order chi connectivity index (χ0) is 14.8. The van der Waals surface area contributed by atoms with E-state index in [0.717, 1.165) is 23.4 Å². The fourth-order valence-electron chi connectivity index (χ4n) is 2.53. The topological polar surface area (TPSA) is 29.3 Å². The van der Waals surface area contributed by atoms with Crippen molar-refractivity contribution in [1.82, 2.24) is 4.90 Å². The lowest BCUT2D eigenvalue weighted by molar-refractivity contribution is 0.246. The first-order valence-corrected chi connectivity index (χ1v) is 7.52. The van der Waals surface area contributed by atoms with Gasteiger partial charge in [0.1, 0.15) is 5.82 Å². The molecule has 2 nitrogen and oxygen atoms in total. The van der Waals surface area contributed by atoms with Crippen LogP contribution in [-0.2, 0) is 13.1 Å². The van der Waals surface area contributed by atoms with Crippen molar-refractivity contribution in [3.05, 3.63) is 64.4 Å². The Bertz CT molecular complexity index is 640. The van der Waals surface area contributed by atoms with Crippen LogP contribution in [0.25, 0.3) is 0 Å². The first-order chi connectivity index (χ1) is 10.1. The minimum Gasteiger partial charge on any atom is -0.398 e. The quantitative estimate of drug-likeness (QED) is 0.838. The van der Waals surface area contributed by atoms with Crippen LogP contribution in [0, 0.1) is 5.82 Å². The molecule has 0 unspecified atom stereocenters. The zero-order valence-corrected chi connectivity index (χ0v) is 12.5. The number of hydrogen-bond acceptors (Lipinski definition) is 2. The molecule has 0 amide bonds. The summed E-state index contributed by atoms with van der Waals surface area (Å²) in [6.45, 7) is 1.42. The summed E-state index contributed by atoms with van der Waals surface area (Å²) >= 11 is 6.18. The van der Waals surface area contributed by atoms with Gasteiger partial charge in [-0.3, -0.25) is 4.90 Å². The number of para-hydroxylation sites is 1. The van der Waals surface area contributed by atoms with Gasteiger partial charge in [-0.2, -0.15) is 0 Å². The minimum absolute atomic E-state index is 0.246. The van der Waals surface area contributed by atoms with Gasteiger partial charge >= 0.3 is 0 Å². The second-order valence-electron chi connectivity index (χ2n) is 5.57. The third-order valence-electron chi connectivity index (χ3n) is 3.87. The summed E-state index contributed by atoms with van der Waals surface area (Å²) < 4.78 is 13.4. The number of nitrogens with zero attached hydrogens (tertiary/aromatic N) is 1. The number of benzene rings is 2. The van der Waals surface area contributed by atoms with Crippen LogP contribution in [0.2, 0.25) is 5.02 Å². The molecule has 0 bridgehead atoms. The van der Waals surface area contributed by atoms with Gasteiger partial charge in [0.15, 0.2) is 0 Å². The molecule has 21 heavy (non-hydrogen) atoms. The summed E-state index contributed by atoms with van der Waals surface area (Å²) in [5.74, 6) is -0.246. The molecule has 0 spiro atoms. The van der Waals surface area contributed by atoms with Crippen LogP contribution < -0.4 is 5.73 Å². The van der Waals surface area contributed by atoms with Crippen LogP contribution in [0.3, 0.4) is 0 Å². The average molecular weight is 305 g/mol. The smallest absolute Gasteiger partial charge is 0.123 e. The monoisotopic (exact) mass is 304 g/mol. The molecule has 0 saturated heterocycles. The summed E-state index contributed by atoms with van der Waals surface area (Å²) in [4.78, 5) is 2.33. The van der Waals surface area contributed by atoms with Gasteiger partial charge in [-0.25, -0.2) is 4.39 Å². The van der Waals surface area contributed by atoms with Gasteiger partial charge in [-0.1, -0.05) is 29.8 Å². The Morgan fingerprint density at radius 1 is 1.10 bits per heavy atom. The highest BCUT2D eigenvalue weighted by Crippen LogP contribution is 2.32. The van der Waals surface area contributed by atoms with Crippen LogP contribution in [0.5, 0.6) is 0 Å². The van der Waals surface area contributed by atoms with Crippen LogP contribution in [0.15, 0.2) is 42.5 Å². The number of nitrogen functional groups attached to an aromatic ring is 1. The normalized spacial score (nSPS) is 14.6. The van der Waals surface area contributed by atoms with Crippen molar-refractivity contribution < 1.29 is 4.39 Å². The Balaban J connectivity index is 1.79. The van der Waals surface area contributed by atoms with E-state index in [0.29, 0.717) is 17.6 Å². The molecule has 0 radical (unpaired) electrons. The summed E-state index contributed by atoms with van der Waals surface area (Å²) in [6.07, 6.45) is 2.36. The van der Waals surface area contributed by atoms with Gasteiger partial charge in [-0.15, -0.1) is 0 Å². The third kappa shape index (κ3) is 3.55. The lowest BCUT2D eigenvalue weighted by Gasteiger charge is -2.23. The van der Waals surface area contributed by atoms with Crippen LogP contribution >= 0.6 is 11.6 Å². The average Bonchev–Trinajstić information content (AvgIpc) is 3.29. The van der Waals surface area contributed by atoms with E-state index in [4.69, 9.17) is 17.3 Å². The van der Waals surface area contributed by atoms with Crippen molar-refractivity contribution >= 4 is 17.3 Å². The highest BCUT2D eigenvalue weighted by atomic mass is 35.5. The second-order valence-corrected chi connectivity index (χ2v) is 5.98. The molecular weight excluding hydrogens is 287 g/mol. The van der Waals surface area contributed by atoms with Crippen LogP contribution in [0.4, 0.5) is 10.1 Å². The molecule has 1 fully saturated rings. The summed E-state index contributed by atoms with van der Waals surface area (Å²) in [5.41, 5.74) is 8.76. The molecule has 2 aromatic carbocycles. The molecule has 2 N–H and O–H groups in total. The summed E-state index contributed by atoms with van der Waals surface area (Å²) in [7, 11) is 0. The highest BCUT2D eigenvalue weighted by molar-refractivity contribution is 6.31. The Hall–Kier alpha value is -1.58. The number of halogens is 2. The van der Waals surface area contributed by atoms with E-state index in [9.17, 15) is 4.39 Å². The van der Waals surface area contributed by atoms with E-state index in [1.54, 1.807) is 6.07 Å². The molecular formula is C17H18ClFN2. The Morgan fingerprint density at radius 3 is 2.52 bits per heavy atom. The highest BCUT2D eigenvalue weighted by Gasteiger charge is 2.29. The van der Waals surface area contributed by atoms with E-state index in [-0.39, 0.29) is 5.82 Å². The van der Waals surface area contributed by atoms with Crippen molar-refractivity contribution in [2.75, 3.05) is 5.73 Å². The molecule has 4 heteroatoms. The number of rotatable bonds is 5. The fraction of sp³-hybridized carbons (Fsp3) is 0.294. The van der Waals surface area contributed by atoms with Gasteiger partial charge in [0.25, 0.3) is 0 Å². The van der Waals surface area contributed by atoms with E-state index in [2.05, 4.69) is 4.90 Å². The summed E-state index contributed by atoms with van der Waals surface area (Å²) in [5, 5.41) is 0.614. The first-order valence-electron chi connectivity index (χ1n) is 7.15. The van der Waals surface area contributed by atoms with Gasteiger partial charge in [0, 0.05) is 29.8 Å². The molecule has 3 rings (SSSR count). The van der Waals surface area contributed by atoms with E-state index in [1.165, 1.54) is 25.0 Å². The van der Waals surface area contributed by atoms with Crippen molar-refractivity contribution in [3.8, 4) is 0 Å². The Kier molecular flexibility index (Phi) is 4.13. The predicted octanol–water partition coefficient (Wildman–Crippen LogP) is 4.23. The maximum Gasteiger partial charge on any atom is 0.123 e. The molecule has 0 atom stereocenters. The van der Waals surface area contributed by atoms with E-state index >= 15 is 0 Å². The van der Waals surface area contributed by atoms with Gasteiger partial charge in [-0.05, 0) is 48.2 Å². The van der Waals surface area contributed by atoms with Crippen molar-refractivity contribution in [3.63, 3.8) is 0 Å². The molecule has 1 saturated carbocycles. The Labute approximate surface area is 129 Å². The molecule has 110 valence electrons. The molecule has 0 heterocycles. The van der Waals surface area contributed by atoms with Crippen LogP contribution in [-0.4, -0.2) is 10.9 Å². The lowest BCUT2D eigenvalue weighted by Crippen LogP contribution is -2.25. The van der Waals surface area contributed by atoms with Gasteiger partial charge in [0.2, 0.25) is 0 Å². The first kappa shape index (κ1) is 14.4. The standard InChI is InChI=1S/C17H18ClFN2/c18-16-8-5-14(19)9-13(16)11-21(15-6-7-15)10-12-3-1-2-4-17(12)20/h1-5,8-9,15H,6-7,10-11,20H2. The molecule has 1 aliphatic rings. The number of anilines is 1. The number of hydrogen-bond donors (Lipinski definition) is 1. The minimum atomic E-state index is -0.246. The molecule has 2 aromatic rings. The SMILES string of the molecule is Nc1ccccc1CN(Cc1cc(F)ccc1Cl)C1CC1. The van der Waals surface area contributed by atoms with Crippen LogP contribution in [0.1, 0.15) is 24.0 Å². The van der Waals surface area contributed by atoms with Gasteiger partial charge < -0.3 is 5.73 Å². The predicted molar refractivity (Wildman–Crippen MR) is 84.5 cm³/mol. The number of nitrogens with two attached hydrogens (primary N) is 1. The second kappa shape index (κ2) is 6.04. The van der Waals surface area contributed by atoms with Crippen molar-refractivity contribution in [1.29, 1.82) is 0 Å². The molecule has 0 aromatic heterocycles. The third-order valence-corrected chi connectivity index (χ3v) is 4.24. The van der Waals surface area contributed by atoms with E-state index in [1.807, 2.05) is 24.3 Å². The van der Waals surface area contributed by atoms with Crippen molar-refractivity contribution in [2.45, 2.75) is 32.0 Å². The fourth-order valence-corrected chi connectivity index (χ4v) is 2.71. The maximum atomic E-state index is 13.4. The molecule has 0 aliphatic heterocycles. The molecule has 1 aliphatic carbocycles. The largest absolute Gasteiger partial charge is 0.398 e. The van der Waals surface area contributed by atoms with Crippen molar-refractivity contribution in [2.24, 2.45) is 0 Å². The maximum absolute atomic E-state index is 13.4. The summed E-state index contributed by atoms with van der Waals surface area (Å²) in [6, 6.07) is 13.0. The Morgan fingerprint density at radius 2 is 1.81 bits per heavy atom.